The van der Waals surface area contributed by atoms with Crippen molar-refractivity contribution in [3.8, 4) is 5.69 Å². The molecule has 0 aliphatic heterocycles. The minimum absolute atomic E-state index is 0.0975. The maximum absolute atomic E-state index is 13.3. The molecule has 6 heteroatoms. The number of fused-ring (bicyclic) bond motifs is 1. The number of hydrogen-bond acceptors (Lipinski definition) is 4. The van der Waals surface area contributed by atoms with Gasteiger partial charge in [-0.1, -0.05) is 47.6 Å². The molecule has 4 nitrogen and oxygen atoms in total. The van der Waals surface area contributed by atoms with Crippen LogP contribution in [0.3, 0.4) is 0 Å². The molecular formula is C21H16ClN3OS. The molecule has 0 unspecified atom stereocenters. The van der Waals surface area contributed by atoms with Crippen LogP contribution in [0.4, 0.5) is 0 Å². The Balaban J connectivity index is 1.90. The highest BCUT2D eigenvalue weighted by atomic mass is 35.5. The summed E-state index contributed by atoms with van der Waals surface area (Å²) in [5.74, 6) is 0.665. The molecule has 134 valence electrons. The van der Waals surface area contributed by atoms with E-state index in [1.807, 2.05) is 61.7 Å². The largest absolute Gasteiger partial charge is 0.268 e. The molecule has 0 spiro atoms. The predicted octanol–water partition coefficient (Wildman–Crippen LogP) is 5.03. The summed E-state index contributed by atoms with van der Waals surface area (Å²) >= 11 is 7.82. The number of rotatable bonds is 4. The number of pyridine rings is 1. The first kappa shape index (κ1) is 17.8. The Bertz CT molecular complexity index is 1180. The lowest BCUT2D eigenvalue weighted by Crippen LogP contribution is -2.22. The van der Waals surface area contributed by atoms with E-state index in [9.17, 15) is 4.79 Å². The van der Waals surface area contributed by atoms with E-state index >= 15 is 0 Å². The SMILES string of the molecule is Cc1c(Cl)cccc1-n1c(SCc2cccnc2)nc2ccccc2c1=O. The summed E-state index contributed by atoms with van der Waals surface area (Å²) in [5, 5.41) is 1.84. The molecule has 2 aromatic carbocycles. The zero-order valence-corrected chi connectivity index (χ0v) is 16.2. The summed E-state index contributed by atoms with van der Waals surface area (Å²) in [7, 11) is 0. The van der Waals surface area contributed by atoms with Gasteiger partial charge in [-0.05, 0) is 48.4 Å². The minimum atomic E-state index is -0.0975. The summed E-state index contributed by atoms with van der Waals surface area (Å²) in [6.07, 6.45) is 3.56. The van der Waals surface area contributed by atoms with Gasteiger partial charge in [0, 0.05) is 23.2 Å². The van der Waals surface area contributed by atoms with Crippen molar-refractivity contribution < 1.29 is 0 Å². The molecule has 27 heavy (non-hydrogen) atoms. The minimum Gasteiger partial charge on any atom is -0.268 e. The molecule has 0 saturated heterocycles. The molecular weight excluding hydrogens is 378 g/mol. The Morgan fingerprint density at radius 1 is 1.07 bits per heavy atom. The molecule has 0 aliphatic carbocycles. The Hall–Kier alpha value is -2.63. The van der Waals surface area contributed by atoms with Crippen LogP contribution in [0.5, 0.6) is 0 Å². The van der Waals surface area contributed by atoms with E-state index in [1.165, 1.54) is 11.8 Å². The second-order valence-corrected chi connectivity index (χ2v) is 7.44. The van der Waals surface area contributed by atoms with Crippen LogP contribution >= 0.6 is 23.4 Å². The van der Waals surface area contributed by atoms with Crippen LogP contribution < -0.4 is 5.56 Å². The lowest BCUT2D eigenvalue weighted by atomic mass is 10.2. The van der Waals surface area contributed by atoms with Crippen molar-refractivity contribution in [2.75, 3.05) is 0 Å². The molecule has 0 bridgehead atoms. The average molecular weight is 394 g/mol. The number of hydrogen-bond donors (Lipinski definition) is 0. The number of thioether (sulfide) groups is 1. The van der Waals surface area contributed by atoms with Gasteiger partial charge in [0.15, 0.2) is 5.16 Å². The third kappa shape index (κ3) is 3.48. The summed E-state index contributed by atoms with van der Waals surface area (Å²) in [6, 6.07) is 16.9. The third-order valence-corrected chi connectivity index (χ3v) is 5.73. The Kier molecular flexibility index (Phi) is 4.97. The zero-order valence-electron chi connectivity index (χ0n) is 14.6. The van der Waals surface area contributed by atoms with E-state index < -0.39 is 0 Å². The first-order valence-corrected chi connectivity index (χ1v) is 9.80. The molecule has 4 rings (SSSR count). The lowest BCUT2D eigenvalue weighted by molar-refractivity contribution is 0.814. The molecule has 0 fully saturated rings. The summed E-state index contributed by atoms with van der Waals surface area (Å²) in [5.41, 5.74) is 3.26. The lowest BCUT2D eigenvalue weighted by Gasteiger charge is -2.15. The molecule has 0 N–H and O–H groups in total. The van der Waals surface area contributed by atoms with Crippen LogP contribution in [0, 0.1) is 6.92 Å². The second kappa shape index (κ2) is 7.55. The predicted molar refractivity (Wildman–Crippen MR) is 111 cm³/mol. The standard InChI is InChI=1S/C21H16ClN3OS/c1-14-17(22)8-4-10-19(14)25-20(26)16-7-2-3-9-18(16)24-21(25)27-13-15-6-5-11-23-12-15/h2-12H,13H2,1H3. The second-order valence-electron chi connectivity index (χ2n) is 6.09. The van der Waals surface area contributed by atoms with Crippen molar-refractivity contribution >= 4 is 34.3 Å². The maximum Gasteiger partial charge on any atom is 0.266 e. The normalized spacial score (nSPS) is 11.0. The molecule has 0 radical (unpaired) electrons. The first-order valence-electron chi connectivity index (χ1n) is 8.44. The van der Waals surface area contributed by atoms with Gasteiger partial charge in [0.1, 0.15) is 0 Å². The zero-order chi connectivity index (χ0) is 18.8. The fraction of sp³-hybridized carbons (Fsp3) is 0.0952. The van der Waals surface area contributed by atoms with Crippen LogP contribution in [0.1, 0.15) is 11.1 Å². The number of nitrogens with zero attached hydrogens (tertiary/aromatic N) is 3. The van der Waals surface area contributed by atoms with Gasteiger partial charge in [0.25, 0.3) is 5.56 Å². The van der Waals surface area contributed by atoms with Crippen molar-refractivity contribution in [1.82, 2.24) is 14.5 Å². The topological polar surface area (TPSA) is 47.8 Å². The van der Waals surface area contributed by atoms with Gasteiger partial charge in [0.05, 0.1) is 16.6 Å². The molecule has 0 amide bonds. The first-order chi connectivity index (χ1) is 13.1. The van der Waals surface area contributed by atoms with Gasteiger partial charge in [-0.25, -0.2) is 4.98 Å². The molecule has 2 aromatic heterocycles. The smallest absolute Gasteiger partial charge is 0.266 e. The summed E-state index contributed by atoms with van der Waals surface area (Å²) in [4.78, 5) is 22.2. The van der Waals surface area contributed by atoms with Crippen molar-refractivity contribution in [2.45, 2.75) is 17.8 Å². The van der Waals surface area contributed by atoms with Gasteiger partial charge in [-0.2, -0.15) is 0 Å². The monoisotopic (exact) mass is 393 g/mol. The molecule has 2 heterocycles. The highest BCUT2D eigenvalue weighted by molar-refractivity contribution is 7.98. The Morgan fingerprint density at radius 3 is 2.74 bits per heavy atom. The summed E-state index contributed by atoms with van der Waals surface area (Å²) in [6.45, 7) is 1.91. The van der Waals surface area contributed by atoms with Crippen LogP contribution in [-0.2, 0) is 5.75 Å². The highest BCUT2D eigenvalue weighted by Crippen LogP contribution is 2.28. The van der Waals surface area contributed by atoms with Gasteiger partial charge in [0.2, 0.25) is 0 Å². The van der Waals surface area contributed by atoms with Crippen LogP contribution in [-0.4, -0.2) is 14.5 Å². The molecule has 0 atom stereocenters. The number of benzene rings is 2. The van der Waals surface area contributed by atoms with Gasteiger partial charge < -0.3 is 0 Å². The van der Waals surface area contributed by atoms with Gasteiger partial charge >= 0.3 is 0 Å². The number of aromatic nitrogens is 3. The van der Waals surface area contributed by atoms with Gasteiger partial charge in [-0.3, -0.25) is 14.3 Å². The van der Waals surface area contributed by atoms with E-state index in [0.717, 1.165) is 16.8 Å². The fourth-order valence-corrected chi connectivity index (χ4v) is 4.00. The Morgan fingerprint density at radius 2 is 1.93 bits per heavy atom. The van der Waals surface area contributed by atoms with Crippen LogP contribution in [0.25, 0.3) is 16.6 Å². The average Bonchev–Trinajstić information content (AvgIpc) is 2.70. The van der Waals surface area contributed by atoms with Gasteiger partial charge in [-0.15, -0.1) is 0 Å². The number of halogens is 1. The van der Waals surface area contributed by atoms with Crippen molar-refractivity contribution in [3.05, 3.63) is 93.5 Å². The van der Waals surface area contributed by atoms with Crippen molar-refractivity contribution in [3.63, 3.8) is 0 Å². The molecule has 4 aromatic rings. The molecule has 0 saturated carbocycles. The van der Waals surface area contributed by atoms with Crippen molar-refractivity contribution in [1.29, 1.82) is 0 Å². The van der Waals surface area contributed by atoms with Crippen LogP contribution in [0.2, 0.25) is 5.02 Å². The van der Waals surface area contributed by atoms with E-state index in [-0.39, 0.29) is 5.56 Å². The third-order valence-electron chi connectivity index (χ3n) is 4.32. The quantitative estimate of drug-likeness (QED) is 0.360. The van der Waals surface area contributed by atoms with E-state index in [0.29, 0.717) is 26.8 Å². The van der Waals surface area contributed by atoms with Crippen molar-refractivity contribution in [2.24, 2.45) is 0 Å². The maximum atomic E-state index is 13.3. The fourth-order valence-electron chi connectivity index (χ4n) is 2.89. The van der Waals surface area contributed by atoms with E-state index in [4.69, 9.17) is 16.6 Å². The number of para-hydroxylation sites is 1. The van der Waals surface area contributed by atoms with E-state index in [2.05, 4.69) is 4.98 Å². The molecule has 0 aliphatic rings. The highest BCUT2D eigenvalue weighted by Gasteiger charge is 2.15. The Labute approximate surface area is 165 Å². The summed E-state index contributed by atoms with van der Waals surface area (Å²) < 4.78 is 1.66. The van der Waals surface area contributed by atoms with Crippen LogP contribution in [0.15, 0.2) is 76.9 Å². The van der Waals surface area contributed by atoms with E-state index in [1.54, 1.807) is 16.8 Å².